The first-order valence-corrected chi connectivity index (χ1v) is 8.73. The molecule has 10 heteroatoms. The van der Waals surface area contributed by atoms with Crippen LogP contribution in [0.15, 0.2) is 28.9 Å². The molecule has 2 aromatic heterocycles. The van der Waals surface area contributed by atoms with Crippen molar-refractivity contribution < 1.29 is 17.9 Å². The summed E-state index contributed by atoms with van der Waals surface area (Å²) >= 11 is 9.54. The molecule has 0 saturated carbocycles. The average Bonchev–Trinajstić information content (AvgIpc) is 2.85. The van der Waals surface area contributed by atoms with Gasteiger partial charge in [-0.25, -0.2) is 14.6 Å². The van der Waals surface area contributed by atoms with Gasteiger partial charge in [0.05, 0.1) is 11.4 Å². The van der Waals surface area contributed by atoms with Crippen LogP contribution in [0.1, 0.15) is 24.4 Å². The fraction of sp³-hybridized carbons (Fsp3) is 0.312. The number of aryl methyl sites for hydroxylation is 1. The van der Waals surface area contributed by atoms with Crippen molar-refractivity contribution in [3.63, 3.8) is 0 Å². The lowest BCUT2D eigenvalue weighted by Crippen LogP contribution is -2.17. The molecule has 0 aliphatic heterocycles. The van der Waals surface area contributed by atoms with E-state index in [1.807, 2.05) is 6.92 Å². The quantitative estimate of drug-likeness (QED) is 0.510. The first-order valence-electron chi connectivity index (χ1n) is 7.56. The highest BCUT2D eigenvalue weighted by Crippen LogP contribution is 2.31. The van der Waals surface area contributed by atoms with E-state index in [1.54, 1.807) is 23.7 Å². The highest BCUT2D eigenvalue weighted by Gasteiger charge is 2.31. The zero-order valence-electron chi connectivity index (χ0n) is 13.7. The topological polar surface area (TPSA) is 52.8 Å². The van der Waals surface area contributed by atoms with Crippen molar-refractivity contribution in [2.24, 2.45) is 0 Å². The third-order valence-electron chi connectivity index (χ3n) is 3.68. The van der Waals surface area contributed by atoms with Gasteiger partial charge in [-0.05, 0) is 53.9 Å². The molecule has 0 unspecified atom stereocenters. The molecule has 1 atom stereocenters. The van der Waals surface area contributed by atoms with Gasteiger partial charge >= 0.3 is 6.36 Å². The molecule has 0 amide bonds. The first kappa shape index (κ1) is 18.9. The molecular formula is C16H13BrClF3N4O. The van der Waals surface area contributed by atoms with Crippen LogP contribution >= 0.6 is 27.5 Å². The van der Waals surface area contributed by atoms with Crippen molar-refractivity contribution >= 4 is 38.6 Å². The molecule has 0 spiro atoms. The fourth-order valence-corrected chi connectivity index (χ4v) is 3.57. The maximum absolute atomic E-state index is 12.2. The van der Waals surface area contributed by atoms with Gasteiger partial charge in [0.15, 0.2) is 5.65 Å². The van der Waals surface area contributed by atoms with Crippen LogP contribution in [0.5, 0.6) is 5.75 Å². The van der Waals surface area contributed by atoms with Gasteiger partial charge in [0.1, 0.15) is 21.3 Å². The summed E-state index contributed by atoms with van der Waals surface area (Å²) in [5, 5.41) is 5.36. The number of hydrogen-bond donors (Lipinski definition) is 0. The Labute approximate surface area is 160 Å². The molecule has 0 saturated heterocycles. The van der Waals surface area contributed by atoms with Crippen molar-refractivity contribution in [3.05, 3.63) is 45.4 Å². The van der Waals surface area contributed by atoms with Crippen molar-refractivity contribution in [1.29, 1.82) is 0 Å². The number of rotatable bonds is 4. The van der Waals surface area contributed by atoms with Gasteiger partial charge in [-0.15, -0.1) is 13.2 Å². The third kappa shape index (κ3) is 4.09. The summed E-state index contributed by atoms with van der Waals surface area (Å²) in [5.41, 5.74) is 1.43. The molecule has 5 nitrogen and oxygen atoms in total. The molecule has 0 fully saturated rings. The number of ether oxygens (including phenoxy) is 1. The standard InChI is InChI=1S/C16H13BrClF3N4O/c1-8(7-10-3-5-11(6-4-10)26-16(19,20)21)25-15-12(13(17)24-25)14(18)22-9(2)23-15/h3-6,8H,7H2,1-2H3/t8-/m0/s1. The molecule has 3 aromatic rings. The zero-order chi connectivity index (χ0) is 19.1. The van der Waals surface area contributed by atoms with Crippen LogP contribution in [0.25, 0.3) is 11.0 Å². The smallest absolute Gasteiger partial charge is 0.406 e. The third-order valence-corrected chi connectivity index (χ3v) is 4.51. The number of nitrogens with zero attached hydrogens (tertiary/aromatic N) is 4. The summed E-state index contributed by atoms with van der Waals surface area (Å²) in [6.07, 6.45) is -4.16. The number of benzene rings is 1. The Balaban J connectivity index is 1.84. The van der Waals surface area contributed by atoms with Crippen LogP contribution in [0.3, 0.4) is 0 Å². The van der Waals surface area contributed by atoms with Crippen LogP contribution in [-0.2, 0) is 6.42 Å². The van der Waals surface area contributed by atoms with Crippen LogP contribution in [0.2, 0.25) is 5.15 Å². The molecule has 3 rings (SSSR count). The maximum atomic E-state index is 12.2. The maximum Gasteiger partial charge on any atom is 0.573 e. The van der Waals surface area contributed by atoms with E-state index in [1.165, 1.54) is 12.1 Å². The number of fused-ring (bicyclic) bond motifs is 1. The molecule has 0 radical (unpaired) electrons. The summed E-state index contributed by atoms with van der Waals surface area (Å²) in [6, 6.07) is 5.64. The fourth-order valence-electron chi connectivity index (χ4n) is 2.62. The van der Waals surface area contributed by atoms with Gasteiger partial charge in [-0.3, -0.25) is 0 Å². The Kier molecular flexibility index (Phi) is 5.12. The Bertz CT molecular complexity index is 943. The van der Waals surface area contributed by atoms with Crippen LogP contribution in [0.4, 0.5) is 13.2 Å². The van der Waals surface area contributed by atoms with Gasteiger partial charge in [-0.1, -0.05) is 23.7 Å². The zero-order valence-corrected chi connectivity index (χ0v) is 16.0. The van der Waals surface area contributed by atoms with E-state index < -0.39 is 6.36 Å². The van der Waals surface area contributed by atoms with E-state index >= 15 is 0 Å². The van der Waals surface area contributed by atoms with Gasteiger partial charge in [-0.2, -0.15) is 5.10 Å². The SMILES string of the molecule is Cc1nc(Cl)c2c(Br)nn([C@@H](C)Cc3ccc(OC(F)(F)F)cc3)c2n1. The minimum Gasteiger partial charge on any atom is -0.406 e. The average molecular weight is 450 g/mol. The van der Waals surface area contributed by atoms with Crippen molar-refractivity contribution in [3.8, 4) is 5.75 Å². The van der Waals surface area contributed by atoms with Gasteiger partial charge < -0.3 is 4.74 Å². The van der Waals surface area contributed by atoms with E-state index in [-0.39, 0.29) is 11.8 Å². The Hall–Kier alpha value is -1.87. The Morgan fingerprint density at radius 1 is 1.23 bits per heavy atom. The number of hydrogen-bond acceptors (Lipinski definition) is 4. The van der Waals surface area contributed by atoms with E-state index in [0.29, 0.717) is 33.0 Å². The van der Waals surface area contributed by atoms with Gasteiger partial charge in [0.2, 0.25) is 0 Å². The highest BCUT2D eigenvalue weighted by atomic mass is 79.9. The lowest BCUT2D eigenvalue weighted by molar-refractivity contribution is -0.274. The summed E-state index contributed by atoms with van der Waals surface area (Å²) in [6.45, 7) is 3.67. The molecule has 0 aliphatic rings. The normalized spacial score (nSPS) is 13.2. The summed E-state index contributed by atoms with van der Waals surface area (Å²) in [4.78, 5) is 8.53. The molecule has 0 aliphatic carbocycles. The predicted molar refractivity (Wildman–Crippen MR) is 94.3 cm³/mol. The molecular weight excluding hydrogens is 437 g/mol. The predicted octanol–water partition coefficient (Wildman–Crippen LogP) is 5.25. The number of aromatic nitrogens is 4. The van der Waals surface area contributed by atoms with Crippen molar-refractivity contribution in [2.45, 2.75) is 32.7 Å². The molecule has 1 aromatic carbocycles. The minimum atomic E-state index is -4.70. The molecule has 0 N–H and O–H groups in total. The molecule has 0 bridgehead atoms. The lowest BCUT2D eigenvalue weighted by Gasteiger charge is -2.14. The summed E-state index contributed by atoms with van der Waals surface area (Å²) in [7, 11) is 0. The summed E-state index contributed by atoms with van der Waals surface area (Å²) in [5.74, 6) is 0.272. The first-order chi connectivity index (χ1) is 12.1. The van der Waals surface area contributed by atoms with E-state index in [2.05, 4.69) is 35.7 Å². The van der Waals surface area contributed by atoms with E-state index in [9.17, 15) is 13.2 Å². The monoisotopic (exact) mass is 448 g/mol. The molecule has 138 valence electrons. The Morgan fingerprint density at radius 3 is 2.50 bits per heavy atom. The van der Waals surface area contributed by atoms with Gasteiger partial charge in [0, 0.05) is 0 Å². The van der Waals surface area contributed by atoms with Crippen LogP contribution < -0.4 is 4.74 Å². The molecule has 26 heavy (non-hydrogen) atoms. The van der Waals surface area contributed by atoms with Crippen molar-refractivity contribution in [2.75, 3.05) is 0 Å². The highest BCUT2D eigenvalue weighted by molar-refractivity contribution is 9.10. The van der Waals surface area contributed by atoms with E-state index in [0.717, 1.165) is 5.56 Å². The number of halogens is 5. The second-order valence-corrected chi connectivity index (χ2v) is 6.85. The van der Waals surface area contributed by atoms with Gasteiger partial charge in [0.25, 0.3) is 0 Å². The second kappa shape index (κ2) is 7.03. The van der Waals surface area contributed by atoms with Crippen LogP contribution in [0, 0.1) is 6.92 Å². The van der Waals surface area contributed by atoms with Crippen LogP contribution in [-0.4, -0.2) is 26.1 Å². The number of alkyl halides is 3. The second-order valence-electron chi connectivity index (χ2n) is 5.74. The molecule has 2 heterocycles. The van der Waals surface area contributed by atoms with Crippen molar-refractivity contribution in [1.82, 2.24) is 19.7 Å². The Morgan fingerprint density at radius 2 is 1.88 bits per heavy atom. The minimum absolute atomic E-state index is 0.108. The largest absolute Gasteiger partial charge is 0.573 e. The lowest BCUT2D eigenvalue weighted by atomic mass is 10.1. The van der Waals surface area contributed by atoms with E-state index in [4.69, 9.17) is 11.6 Å². The summed E-state index contributed by atoms with van der Waals surface area (Å²) < 4.78 is 42.8.